The molecule has 128 valence electrons. The Bertz CT molecular complexity index is 787. The monoisotopic (exact) mass is 338 g/mol. The average molecular weight is 338 g/mol. The average Bonchev–Trinajstić information content (AvgIpc) is 3.16. The lowest BCUT2D eigenvalue weighted by molar-refractivity contribution is -0.117. The molecule has 1 saturated heterocycles. The SMILES string of the molecule is N#Cc1cccc(NC(=O)CN2CCN(C(=O)c3ccco3)CC2)c1. The Balaban J connectivity index is 1.48. The van der Waals surface area contributed by atoms with Gasteiger partial charge in [-0.05, 0) is 30.3 Å². The number of carbonyl (C=O) groups is 2. The lowest BCUT2D eigenvalue weighted by Crippen LogP contribution is -2.50. The van der Waals surface area contributed by atoms with Crippen LogP contribution in [0.15, 0.2) is 47.1 Å². The normalized spacial score (nSPS) is 14.8. The Morgan fingerprint density at radius 2 is 1.96 bits per heavy atom. The van der Waals surface area contributed by atoms with Gasteiger partial charge in [0.1, 0.15) is 0 Å². The van der Waals surface area contributed by atoms with Crippen LogP contribution in [0.4, 0.5) is 5.69 Å². The highest BCUT2D eigenvalue weighted by molar-refractivity contribution is 5.93. The first-order chi connectivity index (χ1) is 12.2. The molecule has 1 aromatic carbocycles. The molecule has 0 saturated carbocycles. The van der Waals surface area contributed by atoms with E-state index >= 15 is 0 Å². The van der Waals surface area contributed by atoms with Gasteiger partial charge in [0.05, 0.1) is 24.4 Å². The second kappa shape index (κ2) is 7.64. The highest BCUT2D eigenvalue weighted by atomic mass is 16.3. The number of hydrogen-bond donors (Lipinski definition) is 1. The molecule has 0 unspecified atom stereocenters. The Hall–Kier alpha value is -3.11. The molecule has 2 aromatic rings. The van der Waals surface area contributed by atoms with Crippen molar-refractivity contribution in [3.63, 3.8) is 0 Å². The molecule has 7 nitrogen and oxygen atoms in total. The Morgan fingerprint density at radius 1 is 1.16 bits per heavy atom. The Morgan fingerprint density at radius 3 is 2.64 bits per heavy atom. The number of nitrogens with one attached hydrogen (secondary N) is 1. The zero-order valence-corrected chi connectivity index (χ0v) is 13.6. The molecule has 0 spiro atoms. The lowest BCUT2D eigenvalue weighted by Gasteiger charge is -2.33. The summed E-state index contributed by atoms with van der Waals surface area (Å²) in [6.07, 6.45) is 1.48. The third kappa shape index (κ3) is 4.25. The van der Waals surface area contributed by atoms with E-state index in [0.29, 0.717) is 43.2 Å². The molecule has 0 aliphatic carbocycles. The molecule has 25 heavy (non-hydrogen) atoms. The van der Waals surface area contributed by atoms with Crippen LogP contribution in [-0.2, 0) is 4.79 Å². The van der Waals surface area contributed by atoms with Crippen molar-refractivity contribution in [1.29, 1.82) is 5.26 Å². The van der Waals surface area contributed by atoms with Crippen molar-refractivity contribution in [3.8, 4) is 6.07 Å². The fourth-order valence-electron chi connectivity index (χ4n) is 2.74. The second-order valence-corrected chi connectivity index (χ2v) is 5.79. The molecule has 1 aliphatic rings. The number of rotatable bonds is 4. The maximum absolute atomic E-state index is 12.2. The summed E-state index contributed by atoms with van der Waals surface area (Å²) in [4.78, 5) is 28.1. The number of anilines is 1. The molecule has 1 N–H and O–H groups in total. The van der Waals surface area contributed by atoms with Crippen LogP contribution in [0.1, 0.15) is 16.1 Å². The van der Waals surface area contributed by atoms with Crippen LogP contribution in [0, 0.1) is 11.3 Å². The van der Waals surface area contributed by atoms with E-state index in [9.17, 15) is 9.59 Å². The second-order valence-electron chi connectivity index (χ2n) is 5.79. The van der Waals surface area contributed by atoms with E-state index < -0.39 is 0 Å². The maximum atomic E-state index is 12.2. The number of amides is 2. The molecule has 1 aliphatic heterocycles. The summed E-state index contributed by atoms with van der Waals surface area (Å²) >= 11 is 0. The van der Waals surface area contributed by atoms with Gasteiger partial charge in [0.15, 0.2) is 5.76 Å². The van der Waals surface area contributed by atoms with Gasteiger partial charge in [0.2, 0.25) is 5.91 Å². The van der Waals surface area contributed by atoms with E-state index in [1.807, 2.05) is 11.0 Å². The number of nitrogens with zero attached hydrogens (tertiary/aromatic N) is 3. The van der Waals surface area contributed by atoms with Gasteiger partial charge < -0.3 is 14.6 Å². The number of piperazine rings is 1. The fraction of sp³-hybridized carbons (Fsp3) is 0.278. The zero-order chi connectivity index (χ0) is 17.6. The van der Waals surface area contributed by atoms with Gasteiger partial charge >= 0.3 is 0 Å². The van der Waals surface area contributed by atoms with E-state index in [-0.39, 0.29) is 18.4 Å². The summed E-state index contributed by atoms with van der Waals surface area (Å²) in [7, 11) is 0. The predicted octanol–water partition coefficient (Wildman–Crippen LogP) is 1.55. The number of carbonyl (C=O) groups excluding carboxylic acids is 2. The van der Waals surface area contributed by atoms with Gasteiger partial charge in [-0.25, -0.2) is 0 Å². The van der Waals surface area contributed by atoms with Crippen LogP contribution < -0.4 is 5.32 Å². The van der Waals surface area contributed by atoms with Crippen LogP contribution in [-0.4, -0.2) is 54.3 Å². The number of nitriles is 1. The van der Waals surface area contributed by atoms with E-state index in [1.165, 1.54) is 6.26 Å². The number of hydrogen-bond acceptors (Lipinski definition) is 5. The van der Waals surface area contributed by atoms with Crippen LogP contribution in [0.25, 0.3) is 0 Å². The first-order valence-electron chi connectivity index (χ1n) is 8.01. The van der Waals surface area contributed by atoms with E-state index in [2.05, 4.69) is 5.32 Å². The third-order valence-electron chi connectivity index (χ3n) is 4.03. The summed E-state index contributed by atoms with van der Waals surface area (Å²) < 4.78 is 5.13. The molecule has 7 heteroatoms. The molecule has 0 bridgehead atoms. The zero-order valence-electron chi connectivity index (χ0n) is 13.6. The largest absolute Gasteiger partial charge is 0.459 e. The van der Waals surface area contributed by atoms with Crippen molar-refractivity contribution >= 4 is 17.5 Å². The Kier molecular flexibility index (Phi) is 5.11. The van der Waals surface area contributed by atoms with Crippen LogP contribution in [0.5, 0.6) is 0 Å². The summed E-state index contributed by atoms with van der Waals surface area (Å²) in [6.45, 7) is 2.60. The summed E-state index contributed by atoms with van der Waals surface area (Å²) in [6, 6.07) is 12.2. The molecule has 3 rings (SSSR count). The minimum atomic E-state index is -0.138. The molecule has 1 aromatic heterocycles. The summed E-state index contributed by atoms with van der Waals surface area (Å²) in [5, 5.41) is 11.7. The van der Waals surface area contributed by atoms with Crippen molar-refractivity contribution in [2.75, 3.05) is 38.0 Å². The molecule has 1 fully saturated rings. The first-order valence-corrected chi connectivity index (χ1v) is 8.01. The molecule has 2 heterocycles. The highest BCUT2D eigenvalue weighted by Gasteiger charge is 2.24. The highest BCUT2D eigenvalue weighted by Crippen LogP contribution is 2.11. The van der Waals surface area contributed by atoms with Gasteiger partial charge in [-0.2, -0.15) is 5.26 Å². The molecular weight excluding hydrogens is 320 g/mol. The quantitative estimate of drug-likeness (QED) is 0.913. The third-order valence-corrected chi connectivity index (χ3v) is 4.03. The van der Waals surface area contributed by atoms with Crippen LogP contribution in [0.3, 0.4) is 0 Å². The summed E-state index contributed by atoms with van der Waals surface area (Å²) in [5.74, 6) is 0.0758. The smallest absolute Gasteiger partial charge is 0.289 e. The van der Waals surface area contributed by atoms with E-state index in [4.69, 9.17) is 9.68 Å². The van der Waals surface area contributed by atoms with Crippen LogP contribution in [0.2, 0.25) is 0 Å². The topological polar surface area (TPSA) is 89.6 Å². The Labute approximate surface area is 145 Å². The van der Waals surface area contributed by atoms with E-state index in [1.54, 1.807) is 41.3 Å². The summed E-state index contributed by atoms with van der Waals surface area (Å²) in [5.41, 5.74) is 1.11. The minimum absolute atomic E-state index is 0.123. The first kappa shape index (κ1) is 16.7. The van der Waals surface area contributed by atoms with Gasteiger partial charge in [-0.15, -0.1) is 0 Å². The lowest BCUT2D eigenvalue weighted by atomic mass is 10.2. The van der Waals surface area contributed by atoms with Gasteiger partial charge in [0.25, 0.3) is 5.91 Å². The van der Waals surface area contributed by atoms with Gasteiger partial charge in [-0.1, -0.05) is 6.07 Å². The molecule has 2 amide bonds. The molecular formula is C18H18N4O3. The van der Waals surface area contributed by atoms with Crippen LogP contribution >= 0.6 is 0 Å². The number of benzene rings is 1. The van der Waals surface area contributed by atoms with Crippen molar-refractivity contribution < 1.29 is 14.0 Å². The molecule has 0 atom stereocenters. The standard InChI is InChI=1S/C18H18N4O3/c19-12-14-3-1-4-15(11-14)20-17(23)13-21-6-8-22(9-7-21)18(24)16-5-2-10-25-16/h1-5,10-11H,6-9,13H2,(H,20,23). The minimum Gasteiger partial charge on any atom is -0.459 e. The van der Waals surface area contributed by atoms with Gasteiger partial charge in [0, 0.05) is 31.9 Å². The van der Waals surface area contributed by atoms with E-state index in [0.717, 1.165) is 0 Å². The van der Waals surface area contributed by atoms with Crippen molar-refractivity contribution in [3.05, 3.63) is 54.0 Å². The molecule has 0 radical (unpaired) electrons. The predicted molar refractivity (Wildman–Crippen MR) is 90.8 cm³/mol. The number of furan rings is 1. The van der Waals surface area contributed by atoms with Crippen molar-refractivity contribution in [1.82, 2.24) is 9.80 Å². The van der Waals surface area contributed by atoms with Crippen molar-refractivity contribution in [2.45, 2.75) is 0 Å². The fourth-order valence-corrected chi connectivity index (χ4v) is 2.74. The maximum Gasteiger partial charge on any atom is 0.289 e. The van der Waals surface area contributed by atoms with Crippen molar-refractivity contribution in [2.24, 2.45) is 0 Å². The van der Waals surface area contributed by atoms with Gasteiger partial charge in [-0.3, -0.25) is 14.5 Å².